The lowest BCUT2D eigenvalue weighted by Crippen LogP contribution is -1.98. The van der Waals surface area contributed by atoms with E-state index in [4.69, 9.17) is 5.11 Å². The van der Waals surface area contributed by atoms with Crippen molar-refractivity contribution in [3.8, 4) is 0 Å². The van der Waals surface area contributed by atoms with E-state index >= 15 is 0 Å². The van der Waals surface area contributed by atoms with Gasteiger partial charge in [0.1, 0.15) is 0 Å². The number of para-hydroxylation sites is 1. The van der Waals surface area contributed by atoms with E-state index in [0.29, 0.717) is 0 Å². The van der Waals surface area contributed by atoms with Crippen LogP contribution in [0.3, 0.4) is 0 Å². The summed E-state index contributed by atoms with van der Waals surface area (Å²) in [6.07, 6.45) is 2.89. The van der Waals surface area contributed by atoms with Crippen LogP contribution >= 0.6 is 0 Å². The number of hydrogen-bond acceptors (Lipinski definition) is 1. The lowest BCUT2D eigenvalue weighted by Gasteiger charge is -2.04. The maximum Gasteiger partial charge on any atom is 0.0830 e. The maximum absolute atomic E-state index is 8.87. The summed E-state index contributed by atoms with van der Waals surface area (Å²) < 4.78 is 0. The molecule has 0 bridgehead atoms. The van der Waals surface area contributed by atoms with Crippen LogP contribution in [-0.2, 0) is 6.42 Å². The van der Waals surface area contributed by atoms with Crippen molar-refractivity contribution in [1.82, 2.24) is 4.98 Å². The third kappa shape index (κ3) is 1.66. The predicted octanol–water partition coefficient (Wildman–Crippen LogP) is 2.88. The molecule has 0 aliphatic carbocycles. The molecule has 0 aliphatic rings. The molecular weight excluding hydrogens is 174 g/mol. The smallest absolute Gasteiger partial charge is 0.0830 e. The average molecular weight is 188 g/mol. The van der Waals surface area contributed by atoms with Crippen molar-refractivity contribution in [2.45, 2.75) is 13.3 Å². The summed E-state index contributed by atoms with van der Waals surface area (Å²) in [7, 11) is 0. The lowest BCUT2D eigenvalue weighted by atomic mass is 10.0. The fraction of sp³-hybridized carbons (Fsp3) is 0.250. The van der Waals surface area contributed by atoms with Crippen molar-refractivity contribution in [3.63, 3.8) is 0 Å². The largest absolute Gasteiger partial charge is 0.390 e. The number of H-pyrrole nitrogens is 1. The van der Waals surface area contributed by atoms with Crippen molar-refractivity contribution in [2.24, 2.45) is 5.92 Å². The van der Waals surface area contributed by atoms with E-state index in [2.05, 4.69) is 17.1 Å². The molecule has 1 unspecified atom stereocenters. The molecule has 0 aliphatic heterocycles. The third-order valence-corrected chi connectivity index (χ3v) is 2.47. The van der Waals surface area contributed by atoms with Gasteiger partial charge in [-0.05, 0) is 24.0 Å². The van der Waals surface area contributed by atoms with Gasteiger partial charge in [-0.2, -0.15) is 0 Å². The van der Waals surface area contributed by atoms with Gasteiger partial charge in [0, 0.05) is 17.1 Å². The normalized spacial score (nSPS) is 13.3. The molecule has 0 fully saturated rings. The van der Waals surface area contributed by atoms with Gasteiger partial charge in [0.25, 0.3) is 0 Å². The Balaban J connectivity index is 2.33. The average Bonchev–Trinajstić information content (AvgIpc) is 2.62. The zero-order valence-corrected chi connectivity index (χ0v) is 8.20. The maximum atomic E-state index is 8.87. The summed E-state index contributed by atoms with van der Waals surface area (Å²) in [5.74, 6) is 0.203. The Morgan fingerprint density at radius 1 is 1.43 bits per heavy atom. The minimum atomic E-state index is 0.203. The van der Waals surface area contributed by atoms with Crippen LogP contribution < -0.4 is 0 Å². The van der Waals surface area contributed by atoms with E-state index in [1.165, 1.54) is 17.6 Å². The SMILES string of the molecule is CC([CH]O)Cc1c[nH]c2ccccc12. The van der Waals surface area contributed by atoms with Crippen LogP contribution in [0.2, 0.25) is 0 Å². The number of hydrogen-bond donors (Lipinski definition) is 2. The molecule has 0 saturated carbocycles. The van der Waals surface area contributed by atoms with Gasteiger partial charge in [-0.15, -0.1) is 0 Å². The highest BCUT2D eigenvalue weighted by Crippen LogP contribution is 2.20. The Labute approximate surface area is 83.6 Å². The molecule has 1 aromatic carbocycles. The second-order valence-corrected chi connectivity index (χ2v) is 3.69. The monoisotopic (exact) mass is 188 g/mol. The van der Waals surface area contributed by atoms with Gasteiger partial charge in [-0.3, -0.25) is 0 Å². The highest BCUT2D eigenvalue weighted by molar-refractivity contribution is 5.83. The zero-order chi connectivity index (χ0) is 9.97. The lowest BCUT2D eigenvalue weighted by molar-refractivity contribution is 0.325. The number of aromatic nitrogens is 1. The zero-order valence-electron chi connectivity index (χ0n) is 8.20. The predicted molar refractivity (Wildman–Crippen MR) is 57.4 cm³/mol. The van der Waals surface area contributed by atoms with Gasteiger partial charge in [0.05, 0.1) is 6.61 Å². The molecule has 2 nitrogen and oxygen atoms in total. The first kappa shape index (κ1) is 9.28. The molecule has 2 heteroatoms. The van der Waals surface area contributed by atoms with Crippen LogP contribution in [0.4, 0.5) is 0 Å². The number of aliphatic hydroxyl groups is 1. The van der Waals surface area contributed by atoms with Gasteiger partial charge < -0.3 is 10.1 Å². The first-order valence-electron chi connectivity index (χ1n) is 4.84. The van der Waals surface area contributed by atoms with Crippen LogP contribution in [-0.4, -0.2) is 10.1 Å². The summed E-state index contributed by atoms with van der Waals surface area (Å²) in [6, 6.07) is 8.22. The Morgan fingerprint density at radius 3 is 3.00 bits per heavy atom. The molecule has 0 saturated heterocycles. The quantitative estimate of drug-likeness (QED) is 0.763. The minimum Gasteiger partial charge on any atom is -0.390 e. The number of aromatic amines is 1. The Kier molecular flexibility index (Phi) is 2.55. The van der Waals surface area contributed by atoms with E-state index in [1.54, 1.807) is 0 Å². The van der Waals surface area contributed by atoms with E-state index in [0.717, 1.165) is 11.9 Å². The number of aliphatic hydroxyl groups excluding tert-OH is 1. The van der Waals surface area contributed by atoms with Gasteiger partial charge in [-0.1, -0.05) is 25.1 Å². The summed E-state index contributed by atoms with van der Waals surface area (Å²) in [6.45, 7) is 3.25. The highest BCUT2D eigenvalue weighted by atomic mass is 16.3. The Hall–Kier alpha value is -1.28. The first-order valence-corrected chi connectivity index (χ1v) is 4.84. The molecule has 2 rings (SSSR count). The Morgan fingerprint density at radius 2 is 2.21 bits per heavy atom. The highest BCUT2D eigenvalue weighted by Gasteiger charge is 2.07. The third-order valence-electron chi connectivity index (χ3n) is 2.47. The van der Waals surface area contributed by atoms with Gasteiger partial charge in [-0.25, -0.2) is 0 Å². The van der Waals surface area contributed by atoms with Crippen LogP contribution in [0.5, 0.6) is 0 Å². The summed E-state index contributed by atoms with van der Waals surface area (Å²) >= 11 is 0. The first-order chi connectivity index (χ1) is 6.81. The number of nitrogens with one attached hydrogen (secondary N) is 1. The second-order valence-electron chi connectivity index (χ2n) is 3.69. The molecule has 1 radical (unpaired) electrons. The van der Waals surface area contributed by atoms with Crippen molar-refractivity contribution < 1.29 is 5.11 Å². The molecule has 0 spiro atoms. The Bertz CT molecular complexity index is 419. The van der Waals surface area contributed by atoms with Crippen LogP contribution in [0.15, 0.2) is 30.5 Å². The topological polar surface area (TPSA) is 36.0 Å². The molecule has 1 atom stereocenters. The van der Waals surface area contributed by atoms with Gasteiger partial charge >= 0.3 is 0 Å². The molecule has 1 heterocycles. The summed E-state index contributed by atoms with van der Waals surface area (Å²) in [5.41, 5.74) is 2.42. The molecule has 2 N–H and O–H groups in total. The number of rotatable bonds is 3. The van der Waals surface area contributed by atoms with Crippen LogP contribution in [0.1, 0.15) is 12.5 Å². The molecule has 73 valence electrons. The van der Waals surface area contributed by atoms with Crippen LogP contribution in [0, 0.1) is 12.5 Å². The molecule has 14 heavy (non-hydrogen) atoms. The van der Waals surface area contributed by atoms with E-state index in [9.17, 15) is 0 Å². The van der Waals surface area contributed by atoms with E-state index < -0.39 is 0 Å². The fourth-order valence-corrected chi connectivity index (χ4v) is 1.70. The number of fused-ring (bicyclic) bond motifs is 1. The van der Waals surface area contributed by atoms with Crippen LogP contribution in [0.25, 0.3) is 10.9 Å². The summed E-state index contributed by atoms with van der Waals surface area (Å²) in [4.78, 5) is 3.22. The minimum absolute atomic E-state index is 0.203. The molecule has 1 aromatic heterocycles. The van der Waals surface area contributed by atoms with Gasteiger partial charge in [0.2, 0.25) is 0 Å². The van der Waals surface area contributed by atoms with Crippen molar-refractivity contribution in [3.05, 3.63) is 42.6 Å². The fourth-order valence-electron chi connectivity index (χ4n) is 1.70. The van der Waals surface area contributed by atoms with Gasteiger partial charge in [0.15, 0.2) is 0 Å². The number of benzene rings is 1. The van der Waals surface area contributed by atoms with E-state index in [1.807, 2.05) is 25.3 Å². The second kappa shape index (κ2) is 3.84. The molecule has 0 amide bonds. The van der Waals surface area contributed by atoms with Crippen molar-refractivity contribution in [2.75, 3.05) is 0 Å². The molecule has 2 aromatic rings. The van der Waals surface area contributed by atoms with Crippen molar-refractivity contribution in [1.29, 1.82) is 0 Å². The van der Waals surface area contributed by atoms with E-state index in [-0.39, 0.29) is 5.92 Å². The molecular formula is C12H14NO. The standard InChI is InChI=1S/C12H14NO/c1-9(8-14)6-10-7-13-12-5-3-2-4-11(10)12/h2-5,7-9,13-14H,6H2,1H3. The summed E-state index contributed by atoms with van der Waals surface area (Å²) in [5, 5.41) is 10.1. The van der Waals surface area contributed by atoms with Crippen molar-refractivity contribution >= 4 is 10.9 Å².